The van der Waals surface area contributed by atoms with Gasteiger partial charge in [0, 0.05) is 43.3 Å². The van der Waals surface area contributed by atoms with Gasteiger partial charge in [0.1, 0.15) is 0 Å². The van der Waals surface area contributed by atoms with E-state index in [4.69, 9.17) is 14.5 Å². The Morgan fingerprint density at radius 3 is 2.63 bits per heavy atom. The smallest absolute Gasteiger partial charge is 0.316 e. The Morgan fingerprint density at radius 1 is 1.11 bits per heavy atom. The molecular formula is C21H24N4O2. The fourth-order valence-electron chi connectivity index (χ4n) is 3.57. The predicted molar refractivity (Wildman–Crippen MR) is 103 cm³/mol. The molecule has 0 aliphatic carbocycles. The molecule has 4 rings (SSSR count). The fourth-order valence-corrected chi connectivity index (χ4v) is 3.57. The summed E-state index contributed by atoms with van der Waals surface area (Å²) in [6.45, 7) is 2.72. The molecule has 0 N–H and O–H groups in total. The standard InChI is InChI=1S/C21H24N4O2/c1-26-21-22-12-18(13-23-21)20-19(17-7-3-2-4-8-17)24-15-25(20)10-5-6-16-9-11-27-14-16/h2-4,7-8,12-13,15-16H,5-6,9-11,14H2,1H3/t16-/m1/s1. The molecule has 0 radical (unpaired) electrons. The van der Waals surface area contributed by atoms with Crippen LogP contribution in [0.5, 0.6) is 6.01 Å². The van der Waals surface area contributed by atoms with E-state index in [0.717, 1.165) is 48.7 Å². The number of ether oxygens (including phenoxy) is 2. The Hall–Kier alpha value is -2.73. The van der Waals surface area contributed by atoms with E-state index in [9.17, 15) is 0 Å². The summed E-state index contributed by atoms with van der Waals surface area (Å²) in [5, 5.41) is 0. The van der Waals surface area contributed by atoms with Gasteiger partial charge < -0.3 is 14.0 Å². The third-order valence-corrected chi connectivity index (χ3v) is 5.00. The molecule has 1 aliphatic heterocycles. The zero-order chi connectivity index (χ0) is 18.5. The van der Waals surface area contributed by atoms with Crippen molar-refractivity contribution in [3.05, 3.63) is 49.1 Å². The van der Waals surface area contributed by atoms with Crippen molar-refractivity contribution in [2.45, 2.75) is 25.8 Å². The first-order chi connectivity index (χ1) is 13.3. The van der Waals surface area contributed by atoms with Crippen molar-refractivity contribution >= 4 is 0 Å². The molecule has 0 saturated carbocycles. The molecule has 1 atom stereocenters. The van der Waals surface area contributed by atoms with E-state index in [1.165, 1.54) is 12.8 Å². The van der Waals surface area contributed by atoms with Crippen LogP contribution in [0.2, 0.25) is 0 Å². The maximum atomic E-state index is 5.49. The van der Waals surface area contributed by atoms with Crippen molar-refractivity contribution in [1.82, 2.24) is 19.5 Å². The van der Waals surface area contributed by atoms with Crippen molar-refractivity contribution in [2.75, 3.05) is 20.3 Å². The molecule has 0 unspecified atom stereocenters. The van der Waals surface area contributed by atoms with Gasteiger partial charge in [0.2, 0.25) is 0 Å². The molecule has 1 aliphatic rings. The molecule has 140 valence electrons. The van der Waals surface area contributed by atoms with Crippen molar-refractivity contribution in [2.24, 2.45) is 5.92 Å². The van der Waals surface area contributed by atoms with Crippen LogP contribution in [0.25, 0.3) is 22.5 Å². The average molecular weight is 364 g/mol. The van der Waals surface area contributed by atoms with Crippen LogP contribution in [0, 0.1) is 5.92 Å². The first kappa shape index (κ1) is 17.7. The summed E-state index contributed by atoms with van der Waals surface area (Å²) in [5.74, 6) is 0.690. The van der Waals surface area contributed by atoms with E-state index in [0.29, 0.717) is 11.9 Å². The summed E-state index contributed by atoms with van der Waals surface area (Å²) in [6.07, 6.45) is 8.98. The van der Waals surface area contributed by atoms with Crippen molar-refractivity contribution < 1.29 is 9.47 Å². The van der Waals surface area contributed by atoms with Crippen LogP contribution in [0.4, 0.5) is 0 Å². The number of aryl methyl sites for hydroxylation is 1. The Morgan fingerprint density at radius 2 is 1.93 bits per heavy atom. The average Bonchev–Trinajstić information content (AvgIpc) is 3.39. The van der Waals surface area contributed by atoms with Gasteiger partial charge >= 0.3 is 6.01 Å². The topological polar surface area (TPSA) is 62.1 Å². The Labute approximate surface area is 159 Å². The molecule has 27 heavy (non-hydrogen) atoms. The maximum absolute atomic E-state index is 5.49. The number of hydrogen-bond donors (Lipinski definition) is 0. The number of aromatic nitrogens is 4. The largest absolute Gasteiger partial charge is 0.467 e. The van der Waals surface area contributed by atoms with Crippen molar-refractivity contribution in [3.63, 3.8) is 0 Å². The Balaban J connectivity index is 1.62. The zero-order valence-corrected chi connectivity index (χ0v) is 15.5. The lowest BCUT2D eigenvalue weighted by atomic mass is 10.0. The molecule has 1 aromatic carbocycles. The normalized spacial score (nSPS) is 16.6. The summed E-state index contributed by atoms with van der Waals surface area (Å²) in [7, 11) is 1.57. The maximum Gasteiger partial charge on any atom is 0.316 e. The highest BCUT2D eigenvalue weighted by molar-refractivity contribution is 5.77. The van der Waals surface area contributed by atoms with Crippen LogP contribution in [0.15, 0.2) is 49.1 Å². The first-order valence-corrected chi connectivity index (χ1v) is 9.40. The fraction of sp³-hybridized carbons (Fsp3) is 0.381. The van der Waals surface area contributed by atoms with Gasteiger partial charge in [-0.2, -0.15) is 0 Å². The molecule has 0 spiro atoms. The summed E-state index contributed by atoms with van der Waals surface area (Å²) in [6, 6.07) is 10.6. The molecule has 1 fully saturated rings. The van der Waals surface area contributed by atoms with E-state index in [2.05, 4.69) is 26.7 Å². The van der Waals surface area contributed by atoms with Gasteiger partial charge in [0.25, 0.3) is 0 Å². The number of imidazole rings is 1. The lowest BCUT2D eigenvalue weighted by molar-refractivity contribution is 0.183. The van der Waals surface area contributed by atoms with Crippen LogP contribution in [0.3, 0.4) is 0 Å². The van der Waals surface area contributed by atoms with E-state index < -0.39 is 0 Å². The van der Waals surface area contributed by atoms with Crippen LogP contribution >= 0.6 is 0 Å². The Bertz CT molecular complexity index is 856. The lowest BCUT2D eigenvalue weighted by Crippen LogP contribution is -2.05. The van der Waals surface area contributed by atoms with Crippen LogP contribution in [0.1, 0.15) is 19.3 Å². The van der Waals surface area contributed by atoms with E-state index in [1.807, 2.05) is 24.5 Å². The van der Waals surface area contributed by atoms with Crippen LogP contribution in [-0.4, -0.2) is 39.8 Å². The molecule has 0 amide bonds. The number of rotatable bonds is 7. The van der Waals surface area contributed by atoms with E-state index in [1.54, 1.807) is 19.5 Å². The molecule has 6 nitrogen and oxygen atoms in total. The number of hydrogen-bond acceptors (Lipinski definition) is 5. The number of nitrogens with zero attached hydrogens (tertiary/aromatic N) is 4. The molecule has 3 heterocycles. The molecule has 1 saturated heterocycles. The van der Waals surface area contributed by atoms with Crippen LogP contribution in [-0.2, 0) is 11.3 Å². The second-order valence-corrected chi connectivity index (χ2v) is 6.83. The highest BCUT2D eigenvalue weighted by Crippen LogP contribution is 2.31. The number of benzene rings is 1. The third-order valence-electron chi connectivity index (χ3n) is 5.00. The second kappa shape index (κ2) is 8.31. The third kappa shape index (κ3) is 4.01. The van der Waals surface area contributed by atoms with Crippen LogP contribution < -0.4 is 4.74 Å². The van der Waals surface area contributed by atoms with E-state index >= 15 is 0 Å². The van der Waals surface area contributed by atoms with Gasteiger partial charge in [-0.3, -0.25) is 0 Å². The van der Waals surface area contributed by atoms with Gasteiger partial charge in [-0.1, -0.05) is 30.3 Å². The Kier molecular flexibility index (Phi) is 5.44. The van der Waals surface area contributed by atoms with Gasteiger partial charge in [-0.05, 0) is 25.2 Å². The predicted octanol–water partition coefficient (Wildman–Crippen LogP) is 3.83. The summed E-state index contributed by atoms with van der Waals surface area (Å²) >= 11 is 0. The zero-order valence-electron chi connectivity index (χ0n) is 15.5. The molecule has 0 bridgehead atoms. The SMILES string of the molecule is COc1ncc(-c2c(-c3ccccc3)ncn2CCC[C@@H]2CCOC2)cn1. The minimum atomic E-state index is 0.368. The highest BCUT2D eigenvalue weighted by atomic mass is 16.5. The minimum Gasteiger partial charge on any atom is -0.467 e. The minimum absolute atomic E-state index is 0.368. The van der Waals surface area contributed by atoms with E-state index in [-0.39, 0.29) is 0 Å². The second-order valence-electron chi connectivity index (χ2n) is 6.83. The van der Waals surface area contributed by atoms with Gasteiger partial charge in [-0.25, -0.2) is 15.0 Å². The first-order valence-electron chi connectivity index (χ1n) is 9.40. The molecule has 2 aromatic heterocycles. The van der Waals surface area contributed by atoms with Gasteiger partial charge in [0.05, 0.1) is 24.8 Å². The van der Waals surface area contributed by atoms with Gasteiger partial charge in [-0.15, -0.1) is 0 Å². The van der Waals surface area contributed by atoms with Crippen molar-refractivity contribution in [1.29, 1.82) is 0 Å². The van der Waals surface area contributed by atoms with Gasteiger partial charge in [0.15, 0.2) is 0 Å². The summed E-state index contributed by atoms with van der Waals surface area (Å²) < 4.78 is 12.8. The monoisotopic (exact) mass is 364 g/mol. The highest BCUT2D eigenvalue weighted by Gasteiger charge is 2.18. The quantitative estimate of drug-likeness (QED) is 0.637. The van der Waals surface area contributed by atoms with Crippen molar-refractivity contribution in [3.8, 4) is 28.5 Å². The summed E-state index contributed by atoms with van der Waals surface area (Å²) in [5.41, 5.74) is 4.03. The molecule has 6 heteroatoms. The number of methoxy groups -OCH3 is 1. The molecule has 3 aromatic rings. The lowest BCUT2D eigenvalue weighted by Gasteiger charge is -2.12. The summed E-state index contributed by atoms with van der Waals surface area (Å²) in [4.78, 5) is 13.3. The molecular weight excluding hydrogens is 340 g/mol.